The fraction of sp³-hybridized carbons (Fsp3) is 0.647. The topological polar surface area (TPSA) is 102 Å². The Morgan fingerprint density at radius 2 is 2.28 bits per heavy atom. The van der Waals surface area contributed by atoms with Crippen molar-refractivity contribution < 1.29 is 19.8 Å². The van der Waals surface area contributed by atoms with Crippen LogP contribution in [0.3, 0.4) is 0 Å². The maximum atomic E-state index is 12.2. The number of hydrogen-bond donors (Lipinski definition) is 4. The molecule has 2 saturated heterocycles. The number of nitrogens with zero attached hydrogens (tertiary/aromatic N) is 1. The van der Waals surface area contributed by atoms with Gasteiger partial charge in [-0.25, -0.2) is 4.79 Å². The Morgan fingerprint density at radius 1 is 1.48 bits per heavy atom. The van der Waals surface area contributed by atoms with Crippen molar-refractivity contribution in [3.8, 4) is 0 Å². The largest absolute Gasteiger partial charge is 0.477 e. The number of carboxylic acid groups (broad SMARTS) is 1. The molecule has 4 heterocycles. The molecule has 4 rings (SSSR count). The lowest BCUT2D eigenvalue weighted by atomic mass is 9.83. The molecule has 0 aliphatic carbocycles. The number of fused-ring (bicyclic) bond motifs is 1. The Labute approximate surface area is 150 Å². The number of carboxylic acids is 1. The minimum Gasteiger partial charge on any atom is -0.477 e. The Balaban J connectivity index is 1.47. The number of aliphatic hydroxyl groups excluding tert-OH is 1. The number of carbonyl (C=O) groups is 2. The van der Waals surface area contributed by atoms with Gasteiger partial charge in [-0.1, -0.05) is 6.08 Å². The molecule has 0 radical (unpaired) electrons. The van der Waals surface area contributed by atoms with E-state index in [-0.39, 0.29) is 17.6 Å². The van der Waals surface area contributed by atoms with E-state index in [2.05, 4.69) is 16.7 Å². The molecule has 136 valence electrons. The summed E-state index contributed by atoms with van der Waals surface area (Å²) in [4.78, 5) is 26.1. The molecule has 7 nitrogen and oxygen atoms in total. The smallest absolute Gasteiger partial charge is 0.353 e. The van der Waals surface area contributed by atoms with Crippen molar-refractivity contribution in [1.82, 2.24) is 15.5 Å². The SMILES string of the molecule is C[C@@H](O)[C@H]1C(=O)N2C(C(=O)O)=C(S[C@@H]3CN[C@H](C4=CCNC4)C3)C[C@H]12. The summed E-state index contributed by atoms with van der Waals surface area (Å²) in [6.07, 6.45) is 2.99. The van der Waals surface area contributed by atoms with Crippen LogP contribution in [0.5, 0.6) is 0 Å². The number of aliphatic hydroxyl groups is 1. The van der Waals surface area contributed by atoms with E-state index in [1.807, 2.05) is 0 Å². The van der Waals surface area contributed by atoms with E-state index in [1.54, 1.807) is 18.7 Å². The van der Waals surface area contributed by atoms with E-state index in [1.165, 1.54) is 10.5 Å². The van der Waals surface area contributed by atoms with Crippen LogP contribution < -0.4 is 10.6 Å². The summed E-state index contributed by atoms with van der Waals surface area (Å²) in [5.41, 5.74) is 1.51. The predicted octanol–water partition coefficient (Wildman–Crippen LogP) is -0.113. The van der Waals surface area contributed by atoms with Gasteiger partial charge in [-0.2, -0.15) is 0 Å². The molecule has 0 aromatic heterocycles. The summed E-state index contributed by atoms with van der Waals surface area (Å²) in [6, 6.07) is 0.152. The van der Waals surface area contributed by atoms with Crippen LogP contribution >= 0.6 is 11.8 Å². The van der Waals surface area contributed by atoms with Gasteiger partial charge in [0, 0.05) is 42.3 Å². The molecule has 0 saturated carbocycles. The van der Waals surface area contributed by atoms with Crippen molar-refractivity contribution in [3.05, 3.63) is 22.3 Å². The Hall–Kier alpha value is -1.35. The van der Waals surface area contributed by atoms with Gasteiger partial charge in [0.05, 0.1) is 18.1 Å². The lowest BCUT2D eigenvalue weighted by Crippen LogP contribution is -2.61. The molecule has 2 fully saturated rings. The maximum absolute atomic E-state index is 12.2. The van der Waals surface area contributed by atoms with Crippen LogP contribution in [0, 0.1) is 5.92 Å². The standard InChI is InChI=1S/C17H23N3O4S/c1-8(21)14-12-5-13(15(17(23)24)20(12)16(14)22)25-10-4-11(19-7-10)9-2-3-18-6-9/h2,8,10-12,14,18-19,21H,3-7H2,1H3,(H,23,24)/t8-,10+,11+,12-,14-/m1/s1. The first-order valence-corrected chi connectivity index (χ1v) is 9.62. The summed E-state index contributed by atoms with van der Waals surface area (Å²) < 4.78 is 0. The van der Waals surface area contributed by atoms with Crippen molar-refractivity contribution in [3.63, 3.8) is 0 Å². The molecule has 4 N–H and O–H groups in total. The molecule has 0 unspecified atom stereocenters. The number of aliphatic carboxylic acids is 1. The van der Waals surface area contributed by atoms with E-state index in [0.717, 1.165) is 31.0 Å². The lowest BCUT2D eigenvalue weighted by Gasteiger charge is -2.44. The average Bonchev–Trinajstić information content (AvgIpc) is 3.25. The van der Waals surface area contributed by atoms with E-state index in [0.29, 0.717) is 17.7 Å². The monoisotopic (exact) mass is 365 g/mol. The van der Waals surface area contributed by atoms with Gasteiger partial charge < -0.3 is 25.7 Å². The summed E-state index contributed by atoms with van der Waals surface area (Å²) in [5, 5.41) is 26.5. The van der Waals surface area contributed by atoms with Gasteiger partial charge in [0.15, 0.2) is 0 Å². The van der Waals surface area contributed by atoms with E-state index >= 15 is 0 Å². The van der Waals surface area contributed by atoms with Crippen LogP contribution in [0.15, 0.2) is 22.3 Å². The van der Waals surface area contributed by atoms with Gasteiger partial charge in [-0.3, -0.25) is 4.79 Å². The highest BCUT2D eigenvalue weighted by Gasteiger charge is 2.57. The van der Waals surface area contributed by atoms with Crippen LogP contribution in [0.2, 0.25) is 0 Å². The highest BCUT2D eigenvalue weighted by Crippen LogP contribution is 2.48. The van der Waals surface area contributed by atoms with Crippen LogP contribution in [0.4, 0.5) is 0 Å². The lowest BCUT2D eigenvalue weighted by molar-refractivity contribution is -0.161. The van der Waals surface area contributed by atoms with Crippen molar-refractivity contribution in [1.29, 1.82) is 0 Å². The number of β-lactam (4-membered cyclic amide) rings is 1. The van der Waals surface area contributed by atoms with Crippen LogP contribution in [0.1, 0.15) is 19.8 Å². The molecule has 1 amide bonds. The number of rotatable bonds is 5. The fourth-order valence-corrected chi connectivity index (χ4v) is 5.81. The third kappa shape index (κ3) is 2.81. The van der Waals surface area contributed by atoms with Gasteiger partial charge in [-0.15, -0.1) is 11.8 Å². The first kappa shape index (κ1) is 17.1. The zero-order valence-corrected chi connectivity index (χ0v) is 14.9. The van der Waals surface area contributed by atoms with Gasteiger partial charge in [-0.05, 0) is 18.9 Å². The number of amides is 1. The minimum absolute atomic E-state index is 0.127. The molecule has 0 bridgehead atoms. The van der Waals surface area contributed by atoms with E-state index in [9.17, 15) is 19.8 Å². The normalized spacial score (nSPS) is 35.7. The molecule has 0 spiro atoms. The predicted molar refractivity (Wildman–Crippen MR) is 93.8 cm³/mol. The number of carbonyl (C=O) groups excluding carboxylic acids is 1. The number of nitrogens with one attached hydrogen (secondary N) is 2. The van der Waals surface area contributed by atoms with Gasteiger partial charge in [0.2, 0.25) is 5.91 Å². The first-order valence-electron chi connectivity index (χ1n) is 8.74. The highest BCUT2D eigenvalue weighted by molar-refractivity contribution is 8.03. The van der Waals surface area contributed by atoms with Gasteiger partial charge in [0.1, 0.15) is 5.70 Å². The molecular weight excluding hydrogens is 342 g/mol. The third-order valence-corrected chi connectivity index (χ3v) is 6.91. The zero-order valence-electron chi connectivity index (χ0n) is 14.1. The number of thioether (sulfide) groups is 1. The Kier molecular flexibility index (Phi) is 4.39. The van der Waals surface area contributed by atoms with Crippen LogP contribution in [0.25, 0.3) is 0 Å². The summed E-state index contributed by atoms with van der Waals surface area (Å²) in [7, 11) is 0. The second-order valence-electron chi connectivity index (χ2n) is 7.17. The quantitative estimate of drug-likeness (QED) is 0.398. The van der Waals surface area contributed by atoms with Crippen LogP contribution in [-0.2, 0) is 9.59 Å². The molecule has 5 atom stereocenters. The molecule has 25 heavy (non-hydrogen) atoms. The maximum Gasteiger partial charge on any atom is 0.353 e. The average molecular weight is 365 g/mol. The highest BCUT2D eigenvalue weighted by atomic mass is 32.2. The molecular formula is C17H23N3O4S. The zero-order chi connectivity index (χ0) is 17.7. The van der Waals surface area contributed by atoms with Gasteiger partial charge in [0.25, 0.3) is 0 Å². The second kappa shape index (κ2) is 6.42. The molecule has 4 aliphatic heterocycles. The van der Waals surface area contributed by atoms with Crippen molar-refractivity contribution in [2.45, 2.75) is 43.2 Å². The molecule has 4 aliphatic rings. The Morgan fingerprint density at radius 3 is 2.92 bits per heavy atom. The molecule has 0 aromatic rings. The van der Waals surface area contributed by atoms with Gasteiger partial charge >= 0.3 is 5.97 Å². The van der Waals surface area contributed by atoms with Crippen molar-refractivity contribution in [2.24, 2.45) is 5.92 Å². The van der Waals surface area contributed by atoms with E-state index < -0.39 is 18.0 Å². The molecule has 8 heteroatoms. The van der Waals surface area contributed by atoms with Crippen LogP contribution in [-0.4, -0.2) is 70.1 Å². The molecule has 0 aromatic carbocycles. The van der Waals surface area contributed by atoms with Crippen molar-refractivity contribution >= 4 is 23.6 Å². The summed E-state index contributed by atoms with van der Waals surface area (Å²) >= 11 is 1.59. The fourth-order valence-electron chi connectivity index (χ4n) is 4.37. The third-order valence-electron chi connectivity index (χ3n) is 5.58. The minimum atomic E-state index is -1.05. The van der Waals surface area contributed by atoms with E-state index in [4.69, 9.17) is 0 Å². The number of hydrogen-bond acceptors (Lipinski definition) is 6. The second-order valence-corrected chi connectivity index (χ2v) is 8.56. The Bertz CT molecular complexity index is 675. The van der Waals surface area contributed by atoms with Crippen molar-refractivity contribution in [2.75, 3.05) is 19.6 Å². The summed E-state index contributed by atoms with van der Waals surface area (Å²) in [6.45, 7) is 4.26. The first-order chi connectivity index (χ1) is 12.0. The summed E-state index contributed by atoms with van der Waals surface area (Å²) in [5.74, 6) is -1.79.